The molecule has 3 nitrogen and oxygen atoms in total. The molecule has 5 heteroatoms. The molecule has 0 unspecified atom stereocenters. The van der Waals surface area contributed by atoms with Crippen molar-refractivity contribution >= 4 is 43.5 Å². The first-order chi connectivity index (χ1) is 10.1. The number of halogens is 2. The number of nitrogens with zero attached hydrogens (tertiary/aromatic N) is 1. The van der Waals surface area contributed by atoms with Gasteiger partial charge in [-0.1, -0.05) is 19.3 Å². The summed E-state index contributed by atoms with van der Waals surface area (Å²) in [6.45, 7) is 4.57. The smallest absolute Gasteiger partial charge is 0.238 e. The number of hydrogen-bond donors (Lipinski definition) is 1. The van der Waals surface area contributed by atoms with E-state index in [-0.39, 0.29) is 5.91 Å². The number of benzene rings is 1. The molecule has 0 atom stereocenters. The predicted molar refractivity (Wildman–Crippen MR) is 94.7 cm³/mol. The van der Waals surface area contributed by atoms with E-state index in [1.54, 1.807) is 0 Å². The first-order valence-electron chi connectivity index (χ1n) is 7.54. The summed E-state index contributed by atoms with van der Waals surface area (Å²) in [4.78, 5) is 14.5. The average Bonchev–Trinajstić information content (AvgIpc) is 2.37. The molecule has 0 bridgehead atoms. The average molecular weight is 418 g/mol. The molecule has 0 saturated carbocycles. The van der Waals surface area contributed by atoms with Gasteiger partial charge in [-0.3, -0.25) is 9.69 Å². The van der Waals surface area contributed by atoms with E-state index in [2.05, 4.69) is 42.1 Å². The molecule has 2 rings (SSSR count). The largest absolute Gasteiger partial charge is 0.323 e. The van der Waals surface area contributed by atoms with Gasteiger partial charge >= 0.3 is 0 Å². The molecule has 21 heavy (non-hydrogen) atoms. The van der Waals surface area contributed by atoms with Gasteiger partial charge in [0.15, 0.2) is 0 Å². The van der Waals surface area contributed by atoms with Gasteiger partial charge in [-0.05, 0) is 82.4 Å². The molecule has 1 aliphatic heterocycles. The summed E-state index contributed by atoms with van der Waals surface area (Å²) in [6, 6.07) is 4.02. The van der Waals surface area contributed by atoms with E-state index in [1.165, 1.54) is 32.1 Å². The summed E-state index contributed by atoms with van der Waals surface area (Å²) in [5.41, 5.74) is 1.97. The molecular weight excluding hydrogens is 396 g/mol. The van der Waals surface area contributed by atoms with E-state index in [0.29, 0.717) is 6.54 Å². The van der Waals surface area contributed by atoms with Crippen molar-refractivity contribution in [1.82, 2.24) is 4.90 Å². The van der Waals surface area contributed by atoms with Crippen LogP contribution < -0.4 is 5.32 Å². The van der Waals surface area contributed by atoms with Crippen LogP contribution in [-0.4, -0.2) is 30.4 Å². The lowest BCUT2D eigenvalue weighted by Gasteiger charge is -2.24. The number of likely N-dealkylation sites (tertiary alicyclic amines) is 1. The third-order valence-electron chi connectivity index (χ3n) is 3.77. The van der Waals surface area contributed by atoms with Crippen molar-refractivity contribution in [2.24, 2.45) is 0 Å². The Bertz CT molecular complexity index is 474. The Morgan fingerprint density at radius 2 is 1.62 bits per heavy atom. The van der Waals surface area contributed by atoms with Gasteiger partial charge in [0.2, 0.25) is 5.91 Å². The van der Waals surface area contributed by atoms with Crippen LogP contribution in [0.1, 0.15) is 37.7 Å². The third kappa shape index (κ3) is 5.38. The molecule has 116 valence electrons. The molecule has 0 aliphatic carbocycles. The van der Waals surface area contributed by atoms with Crippen molar-refractivity contribution in [2.45, 2.75) is 39.0 Å². The van der Waals surface area contributed by atoms with Crippen molar-refractivity contribution < 1.29 is 4.79 Å². The van der Waals surface area contributed by atoms with Gasteiger partial charge in [-0.15, -0.1) is 0 Å². The number of carbonyl (C=O) groups excluding carboxylic acids is 1. The highest BCUT2D eigenvalue weighted by atomic mass is 79.9. The summed E-state index contributed by atoms with van der Waals surface area (Å²) >= 11 is 7.03. The zero-order valence-electron chi connectivity index (χ0n) is 12.4. The topological polar surface area (TPSA) is 32.3 Å². The van der Waals surface area contributed by atoms with Gasteiger partial charge in [0, 0.05) is 8.95 Å². The fourth-order valence-corrected chi connectivity index (χ4v) is 4.29. The summed E-state index contributed by atoms with van der Waals surface area (Å²) in [7, 11) is 0. The second-order valence-electron chi connectivity index (χ2n) is 5.70. The Balaban J connectivity index is 1.95. The van der Waals surface area contributed by atoms with Crippen LogP contribution in [0.4, 0.5) is 5.69 Å². The van der Waals surface area contributed by atoms with Gasteiger partial charge in [-0.25, -0.2) is 0 Å². The second kappa shape index (κ2) is 8.30. The lowest BCUT2D eigenvalue weighted by molar-refractivity contribution is -0.117. The Labute approximate surface area is 143 Å². The molecule has 1 aliphatic rings. The van der Waals surface area contributed by atoms with E-state index < -0.39 is 0 Å². The number of rotatable bonds is 3. The quantitative estimate of drug-likeness (QED) is 0.771. The van der Waals surface area contributed by atoms with Crippen molar-refractivity contribution in [3.63, 3.8) is 0 Å². The molecule has 1 heterocycles. The highest BCUT2D eigenvalue weighted by Gasteiger charge is 2.15. The molecule has 1 amide bonds. The molecule has 1 fully saturated rings. The van der Waals surface area contributed by atoms with E-state index in [9.17, 15) is 4.79 Å². The minimum absolute atomic E-state index is 0.0563. The normalized spacial score (nSPS) is 17.1. The standard InChI is InChI=1S/C16H22Br2N2O/c1-12-9-13(17)16(14(18)10-12)19-15(21)11-20-7-5-3-2-4-6-8-20/h9-10H,2-8,11H2,1H3,(H,19,21). The van der Waals surface area contributed by atoms with E-state index in [0.717, 1.165) is 33.3 Å². The zero-order chi connectivity index (χ0) is 15.2. The Hall–Kier alpha value is -0.390. The van der Waals surface area contributed by atoms with Crippen molar-refractivity contribution in [3.05, 3.63) is 26.6 Å². The molecular formula is C16H22Br2N2O. The van der Waals surface area contributed by atoms with Gasteiger partial charge < -0.3 is 5.32 Å². The number of nitrogens with one attached hydrogen (secondary N) is 1. The number of anilines is 1. The van der Waals surface area contributed by atoms with Crippen molar-refractivity contribution in [2.75, 3.05) is 25.0 Å². The van der Waals surface area contributed by atoms with Crippen LogP contribution in [0.2, 0.25) is 0 Å². The zero-order valence-corrected chi connectivity index (χ0v) is 15.6. The summed E-state index contributed by atoms with van der Waals surface area (Å²) in [5.74, 6) is 0.0563. The monoisotopic (exact) mass is 416 g/mol. The highest BCUT2D eigenvalue weighted by molar-refractivity contribution is 9.11. The summed E-state index contributed by atoms with van der Waals surface area (Å²) in [5, 5.41) is 3.01. The minimum atomic E-state index is 0.0563. The van der Waals surface area contributed by atoms with Crippen LogP contribution >= 0.6 is 31.9 Å². The number of aryl methyl sites for hydroxylation is 1. The maximum absolute atomic E-state index is 12.3. The molecule has 1 aromatic carbocycles. The van der Waals surface area contributed by atoms with Crippen molar-refractivity contribution in [3.8, 4) is 0 Å². The lowest BCUT2D eigenvalue weighted by atomic mass is 10.1. The first-order valence-corrected chi connectivity index (χ1v) is 9.13. The lowest BCUT2D eigenvalue weighted by Crippen LogP contribution is -2.35. The molecule has 1 N–H and O–H groups in total. The second-order valence-corrected chi connectivity index (χ2v) is 7.40. The number of hydrogen-bond acceptors (Lipinski definition) is 2. The predicted octanol–water partition coefficient (Wildman–Crippen LogP) is 4.72. The van der Waals surface area contributed by atoms with Gasteiger partial charge in [-0.2, -0.15) is 0 Å². The Kier molecular flexibility index (Phi) is 6.71. The fraction of sp³-hybridized carbons (Fsp3) is 0.562. The minimum Gasteiger partial charge on any atom is -0.323 e. The SMILES string of the molecule is Cc1cc(Br)c(NC(=O)CN2CCCCCCC2)c(Br)c1. The first kappa shape index (κ1) is 17.0. The highest BCUT2D eigenvalue weighted by Crippen LogP contribution is 2.32. The van der Waals surface area contributed by atoms with Gasteiger partial charge in [0.05, 0.1) is 12.2 Å². The van der Waals surface area contributed by atoms with Crippen LogP contribution in [0.15, 0.2) is 21.1 Å². The van der Waals surface area contributed by atoms with E-state index in [1.807, 2.05) is 19.1 Å². The van der Waals surface area contributed by atoms with Crippen LogP contribution in [0.3, 0.4) is 0 Å². The Morgan fingerprint density at radius 3 is 2.19 bits per heavy atom. The molecule has 1 aromatic rings. The number of carbonyl (C=O) groups is 1. The maximum Gasteiger partial charge on any atom is 0.238 e. The van der Waals surface area contributed by atoms with Gasteiger partial charge in [0.25, 0.3) is 0 Å². The molecule has 0 aromatic heterocycles. The number of amides is 1. The van der Waals surface area contributed by atoms with Crippen molar-refractivity contribution in [1.29, 1.82) is 0 Å². The van der Waals surface area contributed by atoms with Gasteiger partial charge in [0.1, 0.15) is 0 Å². The fourth-order valence-electron chi connectivity index (χ4n) is 2.67. The van der Waals surface area contributed by atoms with Crippen LogP contribution in [0, 0.1) is 6.92 Å². The summed E-state index contributed by atoms with van der Waals surface area (Å²) in [6.07, 6.45) is 6.31. The maximum atomic E-state index is 12.3. The molecule has 1 saturated heterocycles. The molecule has 0 spiro atoms. The molecule has 0 radical (unpaired) electrons. The van der Waals surface area contributed by atoms with E-state index >= 15 is 0 Å². The van der Waals surface area contributed by atoms with Crippen LogP contribution in [-0.2, 0) is 4.79 Å². The Morgan fingerprint density at radius 1 is 1.10 bits per heavy atom. The van der Waals surface area contributed by atoms with E-state index in [4.69, 9.17) is 0 Å². The third-order valence-corrected chi connectivity index (χ3v) is 5.02. The van der Waals surface area contributed by atoms with Crippen LogP contribution in [0.25, 0.3) is 0 Å². The summed E-state index contributed by atoms with van der Waals surface area (Å²) < 4.78 is 1.82. The van der Waals surface area contributed by atoms with Crippen LogP contribution in [0.5, 0.6) is 0 Å².